The summed E-state index contributed by atoms with van der Waals surface area (Å²) in [5.74, 6) is 0.270. The van der Waals surface area contributed by atoms with Gasteiger partial charge in [-0.3, -0.25) is 4.79 Å². The normalized spacial score (nSPS) is 17.1. The average molecular weight is 364 g/mol. The van der Waals surface area contributed by atoms with E-state index in [1.54, 1.807) is 17.8 Å². The zero-order chi connectivity index (χ0) is 19.1. The van der Waals surface area contributed by atoms with E-state index < -0.39 is 17.6 Å². The molecular weight excluding hydrogens is 345 g/mol. The van der Waals surface area contributed by atoms with Crippen LogP contribution in [0.4, 0.5) is 24.7 Å². The molecule has 5 nitrogen and oxygen atoms in total. The van der Waals surface area contributed by atoms with Gasteiger partial charge in [0.2, 0.25) is 5.91 Å². The molecule has 2 heterocycles. The van der Waals surface area contributed by atoms with Gasteiger partial charge in [0, 0.05) is 36.3 Å². The number of amides is 1. The highest BCUT2D eigenvalue weighted by molar-refractivity contribution is 5.91. The summed E-state index contributed by atoms with van der Waals surface area (Å²) in [7, 11) is 0. The molecule has 8 heteroatoms. The van der Waals surface area contributed by atoms with Crippen LogP contribution in [0.3, 0.4) is 0 Å². The summed E-state index contributed by atoms with van der Waals surface area (Å²) >= 11 is 0. The van der Waals surface area contributed by atoms with Crippen molar-refractivity contribution in [2.24, 2.45) is 11.7 Å². The number of halogens is 3. The molecule has 1 aliphatic heterocycles. The van der Waals surface area contributed by atoms with Crippen LogP contribution in [0.5, 0.6) is 0 Å². The maximum atomic E-state index is 12.9. The average Bonchev–Trinajstić information content (AvgIpc) is 3.01. The first kappa shape index (κ1) is 18.0. The fraction of sp³-hybridized carbons (Fsp3) is 0.333. The number of carbonyl (C=O) groups excluding carboxylic acids is 1. The van der Waals surface area contributed by atoms with Crippen molar-refractivity contribution in [3.63, 3.8) is 0 Å². The fourth-order valence-electron chi connectivity index (χ4n) is 3.28. The van der Waals surface area contributed by atoms with Gasteiger partial charge in [-0.05, 0) is 37.1 Å². The number of aromatic nitrogens is 2. The molecule has 0 bridgehead atoms. The van der Waals surface area contributed by atoms with Crippen LogP contribution in [-0.4, -0.2) is 22.2 Å². The second kappa shape index (κ2) is 6.51. The van der Waals surface area contributed by atoms with Crippen LogP contribution in [0.25, 0.3) is 0 Å². The Kier molecular flexibility index (Phi) is 4.52. The van der Waals surface area contributed by atoms with Gasteiger partial charge in [-0.2, -0.15) is 18.3 Å². The van der Waals surface area contributed by atoms with Gasteiger partial charge in [-0.25, -0.2) is 4.68 Å². The lowest BCUT2D eigenvalue weighted by atomic mass is 9.96. The Labute approximate surface area is 148 Å². The van der Waals surface area contributed by atoms with Gasteiger partial charge < -0.3 is 10.6 Å². The van der Waals surface area contributed by atoms with E-state index in [2.05, 4.69) is 11.7 Å². The van der Waals surface area contributed by atoms with Crippen molar-refractivity contribution in [3.8, 4) is 0 Å². The third kappa shape index (κ3) is 3.44. The number of carbonyl (C=O) groups is 1. The minimum absolute atomic E-state index is 0.0177. The first-order valence-corrected chi connectivity index (χ1v) is 8.11. The maximum Gasteiger partial charge on any atom is 0.416 e. The number of anilines is 2. The number of hydrogen-bond acceptors (Lipinski definition) is 3. The van der Waals surface area contributed by atoms with Crippen LogP contribution in [0.15, 0.2) is 42.6 Å². The topological polar surface area (TPSA) is 64.2 Å². The lowest BCUT2D eigenvalue weighted by Crippen LogP contribution is -2.36. The molecule has 2 N–H and O–H groups in total. The number of benzene rings is 1. The summed E-state index contributed by atoms with van der Waals surface area (Å²) in [6, 6.07) is 5.51. The Hall–Kier alpha value is -2.77. The Balaban J connectivity index is 1.94. The van der Waals surface area contributed by atoms with Crippen LogP contribution in [0.2, 0.25) is 0 Å². The van der Waals surface area contributed by atoms with Crippen molar-refractivity contribution in [3.05, 3.63) is 53.7 Å². The zero-order valence-corrected chi connectivity index (χ0v) is 14.3. The van der Waals surface area contributed by atoms with E-state index in [9.17, 15) is 18.0 Å². The smallest absolute Gasteiger partial charge is 0.366 e. The molecule has 3 rings (SSSR count). The standard InChI is InChI=1S/C18H19F3N4O/c1-11-8-14(18(19,20)21)3-4-15(11)24-9-13(7-12(2)17(22)26)10-25-16(24)5-6-23-25/h3-6,8,13H,2,7,9-10H2,1H3,(H2,22,26). The Morgan fingerprint density at radius 3 is 2.69 bits per heavy atom. The summed E-state index contributed by atoms with van der Waals surface area (Å²) in [6.45, 7) is 6.47. The van der Waals surface area contributed by atoms with Crippen molar-refractivity contribution in [2.75, 3.05) is 11.4 Å². The molecular formula is C18H19F3N4O. The third-order valence-electron chi connectivity index (χ3n) is 4.54. The lowest BCUT2D eigenvalue weighted by molar-refractivity contribution is -0.137. The highest BCUT2D eigenvalue weighted by Gasteiger charge is 2.32. The molecule has 26 heavy (non-hydrogen) atoms. The number of nitrogens with zero attached hydrogens (tertiary/aromatic N) is 3. The van der Waals surface area contributed by atoms with Crippen LogP contribution in [-0.2, 0) is 17.5 Å². The summed E-state index contributed by atoms with van der Waals surface area (Å²) in [5, 5.41) is 4.27. The largest absolute Gasteiger partial charge is 0.416 e. The molecule has 0 saturated heterocycles. The molecule has 138 valence electrons. The van der Waals surface area contributed by atoms with E-state index in [0.29, 0.717) is 36.3 Å². The minimum atomic E-state index is -4.38. The summed E-state index contributed by atoms with van der Waals surface area (Å²) in [4.78, 5) is 13.2. The summed E-state index contributed by atoms with van der Waals surface area (Å²) in [6.07, 6.45) is -2.33. The van der Waals surface area contributed by atoms with Crippen molar-refractivity contribution in [1.82, 2.24) is 9.78 Å². The molecule has 0 radical (unpaired) electrons. The van der Waals surface area contributed by atoms with Gasteiger partial charge in [0.25, 0.3) is 0 Å². The van der Waals surface area contributed by atoms with Crippen LogP contribution in [0.1, 0.15) is 17.5 Å². The van der Waals surface area contributed by atoms with Crippen LogP contribution < -0.4 is 10.6 Å². The fourth-order valence-corrected chi connectivity index (χ4v) is 3.28. The number of nitrogens with two attached hydrogens (primary N) is 1. The van der Waals surface area contributed by atoms with Crippen molar-refractivity contribution < 1.29 is 18.0 Å². The van der Waals surface area contributed by atoms with Gasteiger partial charge in [0.05, 0.1) is 11.8 Å². The first-order valence-electron chi connectivity index (χ1n) is 8.11. The molecule has 1 aliphatic rings. The van der Waals surface area contributed by atoms with Gasteiger partial charge >= 0.3 is 6.18 Å². The molecule has 1 aromatic heterocycles. The summed E-state index contributed by atoms with van der Waals surface area (Å²) < 4.78 is 40.6. The monoisotopic (exact) mass is 364 g/mol. The van der Waals surface area contributed by atoms with E-state index in [-0.39, 0.29) is 5.92 Å². The van der Waals surface area contributed by atoms with Gasteiger partial charge in [-0.15, -0.1) is 0 Å². The Morgan fingerprint density at radius 2 is 2.08 bits per heavy atom. The second-order valence-corrected chi connectivity index (χ2v) is 6.52. The van der Waals surface area contributed by atoms with Gasteiger partial charge in [-0.1, -0.05) is 6.58 Å². The Morgan fingerprint density at radius 1 is 1.35 bits per heavy atom. The van der Waals surface area contributed by atoms with E-state index >= 15 is 0 Å². The Bertz CT molecular complexity index is 856. The van der Waals surface area contributed by atoms with Crippen LogP contribution in [0, 0.1) is 12.8 Å². The second-order valence-electron chi connectivity index (χ2n) is 6.52. The van der Waals surface area contributed by atoms with E-state index in [1.807, 2.05) is 11.0 Å². The minimum Gasteiger partial charge on any atom is -0.366 e. The third-order valence-corrected chi connectivity index (χ3v) is 4.54. The number of hydrogen-bond donors (Lipinski definition) is 1. The molecule has 0 fully saturated rings. The zero-order valence-electron chi connectivity index (χ0n) is 14.3. The molecule has 1 unspecified atom stereocenters. The predicted octanol–water partition coefficient (Wildman–Crippen LogP) is 3.41. The van der Waals surface area contributed by atoms with Crippen LogP contribution >= 0.6 is 0 Å². The van der Waals surface area contributed by atoms with Gasteiger partial charge in [0.15, 0.2) is 0 Å². The number of alkyl halides is 3. The van der Waals surface area contributed by atoms with E-state index in [1.165, 1.54) is 6.07 Å². The molecule has 2 aromatic rings. The molecule has 1 amide bonds. The summed E-state index contributed by atoms with van der Waals surface area (Å²) in [5.41, 5.74) is 6.12. The highest BCUT2D eigenvalue weighted by Crippen LogP contribution is 2.37. The number of rotatable bonds is 4. The number of aryl methyl sites for hydroxylation is 1. The van der Waals surface area contributed by atoms with E-state index in [4.69, 9.17) is 5.73 Å². The highest BCUT2D eigenvalue weighted by atomic mass is 19.4. The van der Waals surface area contributed by atoms with Gasteiger partial charge in [0.1, 0.15) is 5.82 Å². The first-order chi connectivity index (χ1) is 12.2. The van der Waals surface area contributed by atoms with Crippen molar-refractivity contribution in [2.45, 2.75) is 26.1 Å². The quantitative estimate of drug-likeness (QED) is 0.846. The predicted molar refractivity (Wildman–Crippen MR) is 91.9 cm³/mol. The SMILES string of the molecule is C=C(CC1CN(c2ccc(C(F)(F)F)cc2C)c2ccnn2C1)C(N)=O. The lowest BCUT2D eigenvalue weighted by Gasteiger charge is -2.36. The maximum absolute atomic E-state index is 12.9. The van der Waals surface area contributed by atoms with Crippen molar-refractivity contribution in [1.29, 1.82) is 0 Å². The van der Waals surface area contributed by atoms with Crippen molar-refractivity contribution >= 4 is 17.4 Å². The number of primary amides is 1. The molecule has 1 atom stereocenters. The molecule has 0 aliphatic carbocycles. The van der Waals surface area contributed by atoms with E-state index in [0.717, 1.165) is 18.0 Å². The molecule has 0 saturated carbocycles. The number of fused-ring (bicyclic) bond motifs is 1. The molecule has 0 spiro atoms. The molecule has 1 aromatic carbocycles.